The number of urea groups is 1. The number of benzene rings is 2. The fraction of sp³-hybridized carbons (Fsp3) is 0.278. The van der Waals surface area contributed by atoms with Crippen LogP contribution in [0.15, 0.2) is 48.5 Å². The fourth-order valence-electron chi connectivity index (χ4n) is 2.17. The Labute approximate surface area is 145 Å². The Morgan fingerprint density at radius 3 is 2.28 bits per heavy atom. The van der Waals surface area contributed by atoms with E-state index in [0.29, 0.717) is 12.1 Å². The summed E-state index contributed by atoms with van der Waals surface area (Å²) in [6.07, 6.45) is 0. The molecule has 0 bridgehead atoms. The summed E-state index contributed by atoms with van der Waals surface area (Å²) in [5, 5.41) is 5.43. The van der Waals surface area contributed by atoms with Crippen LogP contribution in [0.3, 0.4) is 0 Å². The summed E-state index contributed by atoms with van der Waals surface area (Å²) in [6.45, 7) is -2.26. The zero-order valence-corrected chi connectivity index (χ0v) is 14.1. The topological polar surface area (TPSA) is 53.6 Å². The molecule has 5 nitrogen and oxygen atoms in total. The quantitative estimate of drug-likeness (QED) is 0.806. The first kappa shape index (κ1) is 18.5. The molecule has 0 aliphatic heterocycles. The number of hydrogen-bond donors (Lipinski definition) is 2. The van der Waals surface area contributed by atoms with Gasteiger partial charge in [-0.2, -0.15) is 8.78 Å². The fourth-order valence-corrected chi connectivity index (χ4v) is 2.17. The summed E-state index contributed by atoms with van der Waals surface area (Å²) in [4.78, 5) is 13.8. The van der Waals surface area contributed by atoms with E-state index in [9.17, 15) is 13.6 Å². The molecule has 0 heterocycles. The molecule has 2 aromatic carbocycles. The maximum atomic E-state index is 12.2. The molecule has 0 radical (unpaired) electrons. The summed E-state index contributed by atoms with van der Waals surface area (Å²) < 4.78 is 28.7. The van der Waals surface area contributed by atoms with Crippen LogP contribution in [-0.4, -0.2) is 26.7 Å². The van der Waals surface area contributed by atoms with Gasteiger partial charge in [-0.25, -0.2) is 4.79 Å². The van der Waals surface area contributed by atoms with Gasteiger partial charge in [0.2, 0.25) is 0 Å². The van der Waals surface area contributed by atoms with E-state index < -0.39 is 6.61 Å². The lowest BCUT2D eigenvalue weighted by Crippen LogP contribution is -2.34. The molecule has 134 valence electrons. The number of rotatable bonds is 7. The second-order valence-electron chi connectivity index (χ2n) is 5.62. The smallest absolute Gasteiger partial charge is 0.387 e. The number of carbonyl (C=O) groups is 1. The van der Waals surface area contributed by atoms with Gasteiger partial charge in [0.1, 0.15) is 5.75 Å². The van der Waals surface area contributed by atoms with Crippen LogP contribution in [0.25, 0.3) is 0 Å². The summed E-state index contributed by atoms with van der Waals surface area (Å²) in [6, 6.07) is 13.7. The number of nitrogens with one attached hydrogen (secondary N) is 2. The molecule has 0 saturated carbocycles. The highest BCUT2D eigenvalue weighted by atomic mass is 19.3. The van der Waals surface area contributed by atoms with Gasteiger partial charge < -0.3 is 20.3 Å². The number of alkyl halides is 2. The Kier molecular flexibility index (Phi) is 6.56. The molecule has 0 fully saturated rings. The highest BCUT2D eigenvalue weighted by molar-refractivity contribution is 5.73. The minimum absolute atomic E-state index is 0.0655. The Morgan fingerprint density at radius 2 is 1.68 bits per heavy atom. The third-order valence-corrected chi connectivity index (χ3v) is 3.48. The largest absolute Gasteiger partial charge is 0.435 e. The number of carbonyl (C=O) groups excluding carboxylic acids is 1. The number of halogens is 2. The van der Waals surface area contributed by atoms with E-state index in [-0.39, 0.29) is 18.3 Å². The number of ether oxygens (including phenoxy) is 1. The summed E-state index contributed by atoms with van der Waals surface area (Å²) in [5.74, 6) is 0.0655. The maximum absolute atomic E-state index is 12.2. The Bertz CT molecular complexity index is 691. The molecule has 2 rings (SSSR count). The molecule has 0 saturated heterocycles. The average Bonchev–Trinajstić information content (AvgIpc) is 2.58. The van der Waals surface area contributed by atoms with Crippen molar-refractivity contribution in [3.63, 3.8) is 0 Å². The van der Waals surface area contributed by atoms with Crippen molar-refractivity contribution < 1.29 is 18.3 Å². The van der Waals surface area contributed by atoms with Gasteiger partial charge in [-0.05, 0) is 35.4 Å². The van der Waals surface area contributed by atoms with Crippen LogP contribution in [0.1, 0.15) is 11.1 Å². The van der Waals surface area contributed by atoms with E-state index in [1.165, 1.54) is 12.1 Å². The first-order valence-electron chi connectivity index (χ1n) is 7.76. The van der Waals surface area contributed by atoms with Gasteiger partial charge in [-0.15, -0.1) is 0 Å². The first-order chi connectivity index (χ1) is 11.9. The molecule has 2 amide bonds. The molecule has 0 aliphatic rings. The lowest BCUT2D eigenvalue weighted by atomic mass is 10.2. The van der Waals surface area contributed by atoms with Crippen LogP contribution in [0.4, 0.5) is 19.3 Å². The molecule has 0 aliphatic carbocycles. The van der Waals surface area contributed by atoms with Gasteiger partial charge in [0.05, 0.1) is 0 Å². The third kappa shape index (κ3) is 6.29. The van der Waals surface area contributed by atoms with E-state index in [0.717, 1.165) is 11.3 Å². The minimum Gasteiger partial charge on any atom is -0.435 e. The van der Waals surface area contributed by atoms with Gasteiger partial charge in [-0.3, -0.25) is 0 Å². The number of amides is 2. The third-order valence-electron chi connectivity index (χ3n) is 3.48. The van der Waals surface area contributed by atoms with Crippen LogP contribution < -0.4 is 20.3 Å². The van der Waals surface area contributed by atoms with Gasteiger partial charge in [0, 0.05) is 32.9 Å². The molecule has 0 spiro atoms. The minimum atomic E-state index is -2.87. The molecule has 0 aromatic heterocycles. The van der Waals surface area contributed by atoms with Gasteiger partial charge in [-0.1, -0.05) is 24.3 Å². The van der Waals surface area contributed by atoms with Gasteiger partial charge in [0.25, 0.3) is 0 Å². The monoisotopic (exact) mass is 349 g/mol. The molecule has 25 heavy (non-hydrogen) atoms. The first-order valence-corrected chi connectivity index (χ1v) is 7.76. The predicted octanol–water partition coefficient (Wildman–Crippen LogP) is 3.35. The highest BCUT2D eigenvalue weighted by Crippen LogP contribution is 2.16. The molecule has 7 heteroatoms. The van der Waals surface area contributed by atoms with Crippen molar-refractivity contribution in [2.75, 3.05) is 19.0 Å². The highest BCUT2D eigenvalue weighted by Gasteiger charge is 2.06. The molecule has 0 atom stereocenters. The second-order valence-corrected chi connectivity index (χ2v) is 5.62. The molecule has 2 aromatic rings. The standard InChI is InChI=1S/C18H21F2N3O2/c1-23(2)15-8-6-13(7-9-15)11-21-18(24)22-12-14-4-3-5-16(10-14)25-17(19)20/h3-10,17H,11-12H2,1-2H3,(H2,21,22,24). The van der Waals surface area contributed by atoms with E-state index in [2.05, 4.69) is 15.4 Å². The van der Waals surface area contributed by atoms with Crippen molar-refractivity contribution in [3.8, 4) is 5.75 Å². The molecular weight excluding hydrogens is 328 g/mol. The van der Waals surface area contributed by atoms with Crippen LogP contribution in [0.2, 0.25) is 0 Å². The lowest BCUT2D eigenvalue weighted by Gasteiger charge is -2.13. The zero-order valence-electron chi connectivity index (χ0n) is 14.1. The van der Waals surface area contributed by atoms with Crippen molar-refractivity contribution in [1.29, 1.82) is 0 Å². The predicted molar refractivity (Wildman–Crippen MR) is 92.9 cm³/mol. The Hall–Kier alpha value is -2.83. The van der Waals surface area contributed by atoms with Crippen molar-refractivity contribution in [3.05, 3.63) is 59.7 Å². The van der Waals surface area contributed by atoms with E-state index >= 15 is 0 Å². The average molecular weight is 349 g/mol. The molecular formula is C18H21F2N3O2. The van der Waals surface area contributed by atoms with Crippen molar-refractivity contribution in [1.82, 2.24) is 10.6 Å². The SMILES string of the molecule is CN(C)c1ccc(CNC(=O)NCc2cccc(OC(F)F)c2)cc1. The normalized spacial score (nSPS) is 10.4. The van der Waals surface area contributed by atoms with Crippen LogP contribution >= 0.6 is 0 Å². The van der Waals surface area contributed by atoms with Crippen molar-refractivity contribution >= 4 is 11.7 Å². The van der Waals surface area contributed by atoms with E-state index in [4.69, 9.17) is 0 Å². The Morgan fingerprint density at radius 1 is 1.04 bits per heavy atom. The van der Waals surface area contributed by atoms with Crippen LogP contribution in [0, 0.1) is 0 Å². The number of anilines is 1. The Balaban J connectivity index is 1.78. The van der Waals surface area contributed by atoms with E-state index in [1.807, 2.05) is 43.3 Å². The summed E-state index contributed by atoms with van der Waals surface area (Å²) >= 11 is 0. The number of nitrogens with zero attached hydrogens (tertiary/aromatic N) is 1. The second kappa shape index (κ2) is 8.86. The number of hydrogen-bond acceptors (Lipinski definition) is 3. The summed E-state index contributed by atoms with van der Waals surface area (Å²) in [7, 11) is 3.92. The van der Waals surface area contributed by atoms with Crippen molar-refractivity contribution in [2.45, 2.75) is 19.7 Å². The van der Waals surface area contributed by atoms with Crippen LogP contribution in [-0.2, 0) is 13.1 Å². The maximum Gasteiger partial charge on any atom is 0.387 e. The molecule has 0 unspecified atom stereocenters. The molecule has 2 N–H and O–H groups in total. The zero-order chi connectivity index (χ0) is 18.2. The van der Waals surface area contributed by atoms with E-state index in [1.54, 1.807) is 12.1 Å². The summed E-state index contributed by atoms with van der Waals surface area (Å²) in [5.41, 5.74) is 2.73. The lowest BCUT2D eigenvalue weighted by molar-refractivity contribution is -0.0498. The van der Waals surface area contributed by atoms with Gasteiger partial charge in [0.15, 0.2) is 0 Å². The van der Waals surface area contributed by atoms with Crippen LogP contribution in [0.5, 0.6) is 5.75 Å². The van der Waals surface area contributed by atoms with Crippen molar-refractivity contribution in [2.24, 2.45) is 0 Å². The van der Waals surface area contributed by atoms with Gasteiger partial charge >= 0.3 is 12.6 Å².